The minimum absolute atomic E-state index is 0.338. The van der Waals surface area contributed by atoms with E-state index in [0.29, 0.717) is 23.4 Å². The molecule has 0 fully saturated rings. The molecule has 0 bridgehead atoms. The van der Waals surface area contributed by atoms with Crippen LogP contribution < -0.4 is 5.73 Å². The van der Waals surface area contributed by atoms with Crippen LogP contribution in [0.1, 0.15) is 25.3 Å². The predicted octanol–water partition coefficient (Wildman–Crippen LogP) is 2.91. The molecule has 0 saturated heterocycles. The van der Waals surface area contributed by atoms with Crippen LogP contribution in [0, 0.1) is 5.92 Å². The van der Waals surface area contributed by atoms with E-state index < -0.39 is 0 Å². The first-order valence-electron chi connectivity index (χ1n) is 5.46. The Labute approximate surface area is 100 Å². The van der Waals surface area contributed by atoms with Crippen LogP contribution in [0.25, 0.3) is 11.0 Å². The largest absolute Gasteiger partial charge is 0.345 e. The zero-order valence-corrected chi connectivity index (χ0v) is 10.3. The third-order valence-corrected chi connectivity index (χ3v) is 3.27. The van der Waals surface area contributed by atoms with E-state index in [1.165, 1.54) is 5.56 Å². The standard InChI is InChI=1S/C12H16ClN3/c1-7(2)9(5-14)8-3-10(13)12-11(4-8)15-6-16-12/h3-4,6-7,9H,5,14H2,1-2H3,(H,15,16). The van der Waals surface area contributed by atoms with Crippen molar-refractivity contribution in [2.45, 2.75) is 19.8 Å². The fourth-order valence-corrected chi connectivity index (χ4v) is 2.31. The SMILES string of the molecule is CC(C)C(CN)c1cc(Cl)c2nc[nH]c2c1. The van der Waals surface area contributed by atoms with Gasteiger partial charge >= 0.3 is 0 Å². The Balaban J connectivity index is 2.52. The van der Waals surface area contributed by atoms with Crippen molar-refractivity contribution in [3.8, 4) is 0 Å². The van der Waals surface area contributed by atoms with Crippen molar-refractivity contribution in [2.24, 2.45) is 11.7 Å². The molecule has 2 aromatic rings. The summed E-state index contributed by atoms with van der Waals surface area (Å²) in [6, 6.07) is 4.06. The second-order valence-electron chi connectivity index (χ2n) is 4.39. The van der Waals surface area contributed by atoms with Crippen molar-refractivity contribution < 1.29 is 0 Å². The van der Waals surface area contributed by atoms with Gasteiger partial charge in [-0.25, -0.2) is 4.98 Å². The van der Waals surface area contributed by atoms with Crippen LogP contribution in [0.3, 0.4) is 0 Å². The summed E-state index contributed by atoms with van der Waals surface area (Å²) < 4.78 is 0. The molecule has 0 spiro atoms. The molecule has 3 nitrogen and oxygen atoms in total. The van der Waals surface area contributed by atoms with Gasteiger partial charge in [0.2, 0.25) is 0 Å². The molecule has 1 atom stereocenters. The molecule has 0 aliphatic rings. The summed E-state index contributed by atoms with van der Waals surface area (Å²) in [6.07, 6.45) is 1.66. The van der Waals surface area contributed by atoms with Crippen LogP contribution in [-0.2, 0) is 0 Å². The van der Waals surface area contributed by atoms with E-state index >= 15 is 0 Å². The van der Waals surface area contributed by atoms with Crippen LogP contribution >= 0.6 is 11.6 Å². The molecule has 16 heavy (non-hydrogen) atoms. The Morgan fingerprint density at radius 2 is 2.19 bits per heavy atom. The second kappa shape index (κ2) is 4.44. The molecular weight excluding hydrogens is 222 g/mol. The number of aromatic nitrogens is 2. The number of nitrogens with two attached hydrogens (primary N) is 1. The van der Waals surface area contributed by atoms with Crippen LogP contribution in [-0.4, -0.2) is 16.5 Å². The quantitative estimate of drug-likeness (QED) is 0.863. The van der Waals surface area contributed by atoms with Crippen molar-refractivity contribution in [1.29, 1.82) is 0 Å². The maximum absolute atomic E-state index is 6.19. The van der Waals surface area contributed by atoms with Gasteiger partial charge in [-0.05, 0) is 36.1 Å². The minimum Gasteiger partial charge on any atom is -0.345 e. The first-order chi connectivity index (χ1) is 7.63. The summed E-state index contributed by atoms with van der Waals surface area (Å²) >= 11 is 6.19. The second-order valence-corrected chi connectivity index (χ2v) is 4.79. The van der Waals surface area contributed by atoms with Gasteiger partial charge in [-0.1, -0.05) is 25.4 Å². The lowest BCUT2D eigenvalue weighted by Gasteiger charge is -2.19. The van der Waals surface area contributed by atoms with E-state index in [1.807, 2.05) is 6.07 Å². The van der Waals surface area contributed by atoms with E-state index in [0.717, 1.165) is 11.0 Å². The first kappa shape index (κ1) is 11.4. The van der Waals surface area contributed by atoms with Crippen LogP contribution in [0.5, 0.6) is 0 Å². The normalized spacial score (nSPS) is 13.6. The number of rotatable bonds is 3. The van der Waals surface area contributed by atoms with Gasteiger partial charge in [-0.3, -0.25) is 0 Å². The predicted molar refractivity (Wildman–Crippen MR) is 67.7 cm³/mol. The summed E-state index contributed by atoms with van der Waals surface area (Å²) in [5.74, 6) is 0.839. The number of imidazole rings is 1. The smallest absolute Gasteiger partial charge is 0.107 e. The highest BCUT2D eigenvalue weighted by molar-refractivity contribution is 6.35. The number of H-pyrrole nitrogens is 1. The van der Waals surface area contributed by atoms with Crippen LogP contribution in [0.4, 0.5) is 0 Å². The van der Waals surface area contributed by atoms with Gasteiger partial charge in [0, 0.05) is 0 Å². The van der Waals surface area contributed by atoms with Gasteiger partial charge in [0.15, 0.2) is 0 Å². The Morgan fingerprint density at radius 1 is 1.44 bits per heavy atom. The van der Waals surface area contributed by atoms with Crippen molar-refractivity contribution in [2.75, 3.05) is 6.54 Å². The average molecular weight is 238 g/mol. The van der Waals surface area contributed by atoms with E-state index in [4.69, 9.17) is 17.3 Å². The van der Waals surface area contributed by atoms with Gasteiger partial charge in [0.25, 0.3) is 0 Å². The van der Waals surface area contributed by atoms with E-state index in [-0.39, 0.29) is 0 Å². The van der Waals surface area contributed by atoms with E-state index in [9.17, 15) is 0 Å². The van der Waals surface area contributed by atoms with Crippen LogP contribution in [0.15, 0.2) is 18.5 Å². The molecule has 86 valence electrons. The Morgan fingerprint density at radius 3 is 2.81 bits per heavy atom. The van der Waals surface area contributed by atoms with Gasteiger partial charge < -0.3 is 10.7 Å². The number of nitrogens with one attached hydrogen (secondary N) is 1. The number of fused-ring (bicyclic) bond motifs is 1. The summed E-state index contributed by atoms with van der Waals surface area (Å²) in [6.45, 7) is 4.97. The fraction of sp³-hybridized carbons (Fsp3) is 0.417. The van der Waals surface area contributed by atoms with Gasteiger partial charge in [0.05, 0.1) is 16.9 Å². The lowest BCUT2D eigenvalue weighted by Crippen LogP contribution is -2.17. The average Bonchev–Trinajstić information content (AvgIpc) is 2.66. The number of aromatic amines is 1. The van der Waals surface area contributed by atoms with Crippen molar-refractivity contribution in [1.82, 2.24) is 9.97 Å². The highest BCUT2D eigenvalue weighted by Gasteiger charge is 2.16. The monoisotopic (exact) mass is 237 g/mol. The maximum Gasteiger partial charge on any atom is 0.107 e. The number of hydrogen-bond donors (Lipinski definition) is 2. The highest BCUT2D eigenvalue weighted by atomic mass is 35.5. The van der Waals surface area contributed by atoms with Crippen molar-refractivity contribution in [3.63, 3.8) is 0 Å². The zero-order chi connectivity index (χ0) is 11.7. The minimum atomic E-state index is 0.338. The Bertz CT molecular complexity index is 490. The number of benzene rings is 1. The molecule has 0 radical (unpaired) electrons. The summed E-state index contributed by atoms with van der Waals surface area (Å²) in [7, 11) is 0. The van der Waals surface area contributed by atoms with E-state index in [2.05, 4.69) is 29.9 Å². The highest BCUT2D eigenvalue weighted by Crippen LogP contribution is 2.29. The molecule has 0 amide bonds. The Kier molecular flexibility index (Phi) is 3.17. The molecule has 0 aliphatic carbocycles. The summed E-state index contributed by atoms with van der Waals surface area (Å²) in [5.41, 5.74) is 8.78. The summed E-state index contributed by atoms with van der Waals surface area (Å²) in [4.78, 5) is 7.25. The fourth-order valence-electron chi connectivity index (χ4n) is 2.03. The van der Waals surface area contributed by atoms with Crippen molar-refractivity contribution >= 4 is 22.6 Å². The zero-order valence-electron chi connectivity index (χ0n) is 9.50. The molecule has 1 aromatic heterocycles. The third kappa shape index (κ3) is 1.93. The van der Waals surface area contributed by atoms with Crippen molar-refractivity contribution in [3.05, 3.63) is 29.0 Å². The molecular formula is C12H16ClN3. The number of halogens is 1. The number of nitrogens with zero attached hydrogens (tertiary/aromatic N) is 1. The molecule has 2 rings (SSSR count). The molecule has 1 heterocycles. The first-order valence-corrected chi connectivity index (χ1v) is 5.84. The molecule has 1 aromatic carbocycles. The number of hydrogen-bond acceptors (Lipinski definition) is 2. The Hall–Kier alpha value is -1.06. The molecule has 1 unspecified atom stereocenters. The van der Waals surface area contributed by atoms with Crippen LogP contribution in [0.2, 0.25) is 5.02 Å². The summed E-state index contributed by atoms with van der Waals surface area (Å²) in [5, 5.41) is 0.688. The molecule has 0 aliphatic heterocycles. The molecule has 0 saturated carbocycles. The molecule has 4 heteroatoms. The van der Waals surface area contributed by atoms with Gasteiger partial charge in [-0.2, -0.15) is 0 Å². The third-order valence-electron chi connectivity index (χ3n) is 2.99. The lowest BCUT2D eigenvalue weighted by atomic mass is 9.88. The van der Waals surface area contributed by atoms with Gasteiger partial charge in [-0.15, -0.1) is 0 Å². The topological polar surface area (TPSA) is 54.7 Å². The van der Waals surface area contributed by atoms with Gasteiger partial charge in [0.1, 0.15) is 5.52 Å². The van der Waals surface area contributed by atoms with E-state index in [1.54, 1.807) is 6.33 Å². The maximum atomic E-state index is 6.19. The lowest BCUT2D eigenvalue weighted by molar-refractivity contribution is 0.507. The molecule has 3 N–H and O–H groups in total.